The Labute approximate surface area is 271 Å². The van der Waals surface area contributed by atoms with E-state index in [1.54, 1.807) is 0 Å². The summed E-state index contributed by atoms with van der Waals surface area (Å²) < 4.78 is 96.6. The van der Waals surface area contributed by atoms with Crippen molar-refractivity contribution in [1.82, 2.24) is 25.2 Å². The van der Waals surface area contributed by atoms with E-state index >= 15 is 4.39 Å². The van der Waals surface area contributed by atoms with Gasteiger partial charge in [-0.15, -0.1) is 0 Å². The van der Waals surface area contributed by atoms with Crippen molar-refractivity contribution in [2.75, 3.05) is 43.4 Å². The highest BCUT2D eigenvalue weighted by atomic mass is 35.5. The molecule has 4 atom stereocenters. The van der Waals surface area contributed by atoms with Crippen LogP contribution in [0.25, 0.3) is 22.2 Å². The number of nitrogen functional groups attached to an aromatic ring is 1. The monoisotopic (exact) mass is 685 g/mol. The van der Waals surface area contributed by atoms with E-state index in [0.717, 1.165) is 31.7 Å². The van der Waals surface area contributed by atoms with E-state index in [0.29, 0.717) is 50.9 Å². The van der Waals surface area contributed by atoms with Gasteiger partial charge in [0, 0.05) is 37.1 Å². The molecule has 4 saturated heterocycles. The van der Waals surface area contributed by atoms with E-state index in [1.165, 1.54) is 13.0 Å². The number of rotatable bonds is 7. The third-order valence-corrected chi connectivity index (χ3v) is 10.3. The van der Waals surface area contributed by atoms with Crippen LogP contribution in [0.5, 0.6) is 6.01 Å². The molecule has 9 nitrogen and oxygen atoms in total. The molecule has 0 unspecified atom stereocenters. The van der Waals surface area contributed by atoms with Gasteiger partial charge in [-0.3, -0.25) is 4.90 Å². The van der Waals surface area contributed by atoms with Crippen LogP contribution in [0, 0.1) is 12.7 Å². The summed E-state index contributed by atoms with van der Waals surface area (Å²) in [5.41, 5.74) is 2.23. The molecule has 6 heterocycles. The van der Waals surface area contributed by atoms with Gasteiger partial charge in [0.1, 0.15) is 23.8 Å². The lowest BCUT2D eigenvalue weighted by Gasteiger charge is -2.31. The van der Waals surface area contributed by atoms with Crippen molar-refractivity contribution in [1.29, 1.82) is 0 Å². The van der Waals surface area contributed by atoms with Gasteiger partial charge in [-0.25, -0.2) is 9.37 Å². The third-order valence-electron chi connectivity index (χ3n) is 9.96. The molecule has 3 N–H and O–H groups in total. The number of aryl methyl sites for hydroxylation is 1. The number of aromatic nitrogens is 3. The number of hydrogen-bond acceptors (Lipinski definition) is 9. The Kier molecular flexibility index (Phi) is 8.33. The van der Waals surface area contributed by atoms with Gasteiger partial charge in [0.2, 0.25) is 0 Å². The average Bonchev–Trinajstić information content (AvgIpc) is 3.62. The number of fused-ring (bicyclic) bond motifs is 4. The summed E-state index contributed by atoms with van der Waals surface area (Å²) in [6.45, 7) is 0.499. The van der Waals surface area contributed by atoms with Gasteiger partial charge < -0.3 is 25.4 Å². The first kappa shape index (κ1) is 32.4. The number of pyridine rings is 1. The lowest BCUT2D eigenvalue weighted by atomic mass is 9.94. The van der Waals surface area contributed by atoms with Gasteiger partial charge in [-0.05, 0) is 69.7 Å². The molecule has 0 amide bonds. The highest BCUT2D eigenvalue weighted by Crippen LogP contribution is 2.45. The van der Waals surface area contributed by atoms with Crippen molar-refractivity contribution in [2.24, 2.45) is 0 Å². The zero-order chi connectivity index (χ0) is 33.2. The topological polar surface area (TPSA) is 102 Å². The molecule has 0 aliphatic carbocycles. The van der Waals surface area contributed by atoms with E-state index in [1.807, 2.05) is 4.90 Å². The molecule has 4 fully saturated rings. The lowest BCUT2D eigenvalue weighted by molar-refractivity contribution is -0.159. The fraction of sp³-hybridized carbons (Fsp3) is 0.581. The maximum absolute atomic E-state index is 16.7. The summed E-state index contributed by atoms with van der Waals surface area (Å²) in [4.78, 5) is 17.0. The predicted octanol–water partition coefficient (Wildman–Crippen LogP) is 5.95. The number of nitrogens with one attached hydrogen (secondary N) is 1. The van der Waals surface area contributed by atoms with Crippen molar-refractivity contribution >= 4 is 34.1 Å². The number of ether oxygens (including phenoxy) is 2. The number of nitrogens with two attached hydrogens (primary N) is 1. The SMILES string of the molecule is Cc1cc(N)nc(-c2c(Cl)cc3c(N4CC[C@H]5CC[C@@H](C4)N5)nc(OC[C@@]45CCCN4C[C@@H](OC(F)F)C5)nc3c2F)c1C(F)(F)F. The first-order valence-electron chi connectivity index (χ1n) is 15.7. The second kappa shape index (κ2) is 12.1. The van der Waals surface area contributed by atoms with Gasteiger partial charge in [0.05, 0.1) is 33.5 Å². The summed E-state index contributed by atoms with van der Waals surface area (Å²) in [5, 5.41) is 3.50. The molecule has 0 saturated carbocycles. The van der Waals surface area contributed by atoms with Gasteiger partial charge in [-0.2, -0.15) is 31.9 Å². The Morgan fingerprint density at radius 3 is 2.66 bits per heavy atom. The predicted molar refractivity (Wildman–Crippen MR) is 163 cm³/mol. The molecular weight excluding hydrogens is 652 g/mol. The van der Waals surface area contributed by atoms with Crippen LogP contribution < -0.4 is 20.7 Å². The number of alkyl halides is 5. The van der Waals surface area contributed by atoms with E-state index in [-0.39, 0.29) is 46.0 Å². The Hall–Kier alpha value is -3.14. The average molecular weight is 686 g/mol. The molecule has 254 valence electrons. The minimum absolute atomic E-state index is 0.0313. The van der Waals surface area contributed by atoms with Crippen molar-refractivity contribution < 1.29 is 35.8 Å². The third kappa shape index (κ3) is 6.04. The molecule has 4 aliphatic heterocycles. The molecule has 0 radical (unpaired) electrons. The van der Waals surface area contributed by atoms with E-state index < -0.39 is 47.1 Å². The van der Waals surface area contributed by atoms with E-state index in [2.05, 4.69) is 20.2 Å². The summed E-state index contributed by atoms with van der Waals surface area (Å²) >= 11 is 6.60. The molecule has 1 aromatic carbocycles. The molecule has 2 bridgehead atoms. The molecule has 47 heavy (non-hydrogen) atoms. The molecule has 0 spiro atoms. The Morgan fingerprint density at radius 2 is 1.89 bits per heavy atom. The number of anilines is 2. The fourth-order valence-electron chi connectivity index (χ4n) is 7.96. The quantitative estimate of drug-likeness (QED) is 0.292. The van der Waals surface area contributed by atoms with Crippen molar-refractivity contribution in [2.45, 2.75) is 82.0 Å². The van der Waals surface area contributed by atoms with Crippen molar-refractivity contribution in [3.05, 3.63) is 34.1 Å². The van der Waals surface area contributed by atoms with E-state index in [4.69, 9.17) is 31.8 Å². The fourth-order valence-corrected chi connectivity index (χ4v) is 8.24. The van der Waals surface area contributed by atoms with Gasteiger partial charge in [0.15, 0.2) is 5.82 Å². The van der Waals surface area contributed by atoms with Crippen LogP contribution in [0.2, 0.25) is 5.02 Å². The first-order chi connectivity index (χ1) is 22.3. The lowest BCUT2D eigenvalue weighted by Crippen LogP contribution is -2.43. The van der Waals surface area contributed by atoms with Crippen LogP contribution in [0.4, 0.5) is 38.0 Å². The van der Waals surface area contributed by atoms with E-state index in [9.17, 15) is 22.0 Å². The van der Waals surface area contributed by atoms with Crippen molar-refractivity contribution in [3.63, 3.8) is 0 Å². The van der Waals surface area contributed by atoms with Gasteiger partial charge >= 0.3 is 18.8 Å². The van der Waals surface area contributed by atoms with Gasteiger partial charge in [-0.1, -0.05) is 11.6 Å². The highest BCUT2D eigenvalue weighted by molar-refractivity contribution is 6.34. The first-order valence-corrected chi connectivity index (χ1v) is 16.1. The number of hydrogen-bond donors (Lipinski definition) is 2. The zero-order valence-electron chi connectivity index (χ0n) is 25.5. The largest absolute Gasteiger partial charge is 0.461 e. The minimum atomic E-state index is -4.88. The highest BCUT2D eigenvalue weighted by Gasteiger charge is 2.50. The number of halogens is 7. The Balaban J connectivity index is 1.33. The Bertz CT molecular complexity index is 1700. The number of nitrogens with zero attached hydrogens (tertiary/aromatic N) is 5. The zero-order valence-corrected chi connectivity index (χ0v) is 26.3. The summed E-state index contributed by atoms with van der Waals surface area (Å²) in [5.74, 6) is -1.01. The maximum atomic E-state index is 16.7. The van der Waals surface area contributed by atoms with Gasteiger partial charge in [0.25, 0.3) is 0 Å². The summed E-state index contributed by atoms with van der Waals surface area (Å²) in [6, 6.07) is 2.75. The normalized spacial score (nSPS) is 26.4. The summed E-state index contributed by atoms with van der Waals surface area (Å²) in [7, 11) is 0. The molecule has 3 aromatic rings. The Morgan fingerprint density at radius 1 is 1.11 bits per heavy atom. The van der Waals surface area contributed by atoms with Crippen LogP contribution in [0.15, 0.2) is 12.1 Å². The molecule has 7 rings (SSSR count). The second-order valence-corrected chi connectivity index (χ2v) is 13.4. The van der Waals surface area contributed by atoms with Crippen LogP contribution >= 0.6 is 11.6 Å². The molecule has 16 heteroatoms. The second-order valence-electron chi connectivity index (χ2n) is 13.0. The van der Waals surface area contributed by atoms with Crippen LogP contribution in [0.1, 0.15) is 49.7 Å². The van der Waals surface area contributed by atoms with Crippen LogP contribution in [-0.4, -0.2) is 83.0 Å². The van der Waals surface area contributed by atoms with Crippen molar-refractivity contribution in [3.8, 4) is 17.3 Å². The summed E-state index contributed by atoms with van der Waals surface area (Å²) in [6.07, 6.45) is -0.933. The standard InChI is InChI=1S/C31H34ClF6N7O2/c1-15-9-21(39)41-26(23(15)31(36,37)38)22-20(32)10-19-25(24(22)33)42-29(43-27(19)44-8-5-16-3-4-17(12-44)40-16)46-14-30-6-2-7-45(30)13-18(11-30)47-28(34)35/h9-10,16-18,28,40H,2-8,11-14H2,1H3,(H2,39,41)/t16-,17+,18+,30+/m1/s1. The maximum Gasteiger partial charge on any atom is 0.418 e. The van der Waals surface area contributed by atoms with Crippen LogP contribution in [-0.2, 0) is 10.9 Å². The molecule has 2 aromatic heterocycles. The number of benzene rings is 1. The smallest absolute Gasteiger partial charge is 0.418 e. The molecular formula is C31H34ClF6N7O2. The minimum Gasteiger partial charge on any atom is -0.461 e. The van der Waals surface area contributed by atoms with Crippen LogP contribution in [0.3, 0.4) is 0 Å². The molecule has 4 aliphatic rings.